The predicted octanol–water partition coefficient (Wildman–Crippen LogP) is 2.97. The van der Waals surface area contributed by atoms with Crippen molar-refractivity contribution in [3.63, 3.8) is 0 Å². The van der Waals surface area contributed by atoms with Crippen LogP contribution in [0.5, 0.6) is 5.75 Å². The van der Waals surface area contributed by atoms with Crippen molar-refractivity contribution >= 4 is 11.3 Å². The van der Waals surface area contributed by atoms with Gasteiger partial charge in [0.25, 0.3) is 0 Å². The Hall–Kier alpha value is -2.63. The van der Waals surface area contributed by atoms with E-state index in [4.69, 9.17) is 9.84 Å². The van der Waals surface area contributed by atoms with Gasteiger partial charge in [-0.1, -0.05) is 0 Å². The van der Waals surface area contributed by atoms with Crippen molar-refractivity contribution < 1.29 is 4.74 Å². The van der Waals surface area contributed by atoms with Gasteiger partial charge in [-0.05, 0) is 31.9 Å². The van der Waals surface area contributed by atoms with E-state index >= 15 is 0 Å². The highest BCUT2D eigenvalue weighted by Gasteiger charge is 2.29. The van der Waals surface area contributed by atoms with E-state index in [1.165, 1.54) is 18.5 Å². The molecule has 3 aromatic rings. The first-order chi connectivity index (χ1) is 12.3. The summed E-state index contributed by atoms with van der Waals surface area (Å²) in [6.07, 6.45) is 11.1. The third kappa shape index (κ3) is 2.71. The molecule has 1 unspecified atom stereocenters. The number of fused-ring (bicyclic) bond motifs is 1. The molecule has 1 atom stereocenters. The summed E-state index contributed by atoms with van der Waals surface area (Å²) in [6.45, 7) is 3.83. The summed E-state index contributed by atoms with van der Waals surface area (Å²) in [4.78, 5) is 11.1. The quantitative estimate of drug-likeness (QED) is 0.734. The number of aromatic nitrogens is 4. The van der Waals surface area contributed by atoms with Gasteiger partial charge < -0.3 is 9.64 Å². The summed E-state index contributed by atoms with van der Waals surface area (Å²) in [7, 11) is 0. The van der Waals surface area contributed by atoms with Gasteiger partial charge in [0.1, 0.15) is 17.4 Å². The molecule has 6 heteroatoms. The third-order valence-corrected chi connectivity index (χ3v) is 5.09. The van der Waals surface area contributed by atoms with Gasteiger partial charge in [-0.3, -0.25) is 4.98 Å². The smallest absolute Gasteiger partial charge is 0.154 e. The fourth-order valence-electron chi connectivity index (χ4n) is 3.54. The average molecular weight is 335 g/mol. The number of hydrogen-bond acceptors (Lipinski definition) is 5. The first-order valence-corrected chi connectivity index (χ1v) is 8.94. The molecule has 2 fully saturated rings. The van der Waals surface area contributed by atoms with Gasteiger partial charge in [-0.2, -0.15) is 5.10 Å². The highest BCUT2D eigenvalue weighted by molar-refractivity contribution is 5.69. The maximum Gasteiger partial charge on any atom is 0.154 e. The summed E-state index contributed by atoms with van der Waals surface area (Å²) in [6, 6.07) is 4.15. The van der Waals surface area contributed by atoms with Crippen LogP contribution in [0.15, 0.2) is 36.9 Å². The van der Waals surface area contributed by atoms with Gasteiger partial charge in [0.15, 0.2) is 5.82 Å². The summed E-state index contributed by atoms with van der Waals surface area (Å²) < 4.78 is 8.16. The molecule has 0 amide bonds. The lowest BCUT2D eigenvalue weighted by molar-refractivity contribution is 0.223. The molecule has 6 nitrogen and oxygen atoms in total. The summed E-state index contributed by atoms with van der Waals surface area (Å²) >= 11 is 0. The summed E-state index contributed by atoms with van der Waals surface area (Å²) in [5.74, 6) is 2.59. The molecule has 25 heavy (non-hydrogen) atoms. The Morgan fingerprint density at radius 1 is 1.20 bits per heavy atom. The Bertz CT molecular complexity index is 917. The van der Waals surface area contributed by atoms with Crippen LogP contribution in [0.3, 0.4) is 0 Å². The number of aryl methyl sites for hydroxylation is 1. The van der Waals surface area contributed by atoms with Crippen molar-refractivity contribution in [3.8, 4) is 5.75 Å². The van der Waals surface area contributed by atoms with Crippen LogP contribution >= 0.6 is 0 Å². The molecule has 5 rings (SSSR count). The van der Waals surface area contributed by atoms with E-state index in [-0.39, 0.29) is 6.10 Å². The van der Waals surface area contributed by atoms with E-state index < -0.39 is 0 Å². The van der Waals surface area contributed by atoms with E-state index in [0.29, 0.717) is 5.92 Å². The lowest BCUT2D eigenvalue weighted by Crippen LogP contribution is -2.25. The zero-order chi connectivity index (χ0) is 16.8. The first-order valence-electron chi connectivity index (χ1n) is 8.94. The average Bonchev–Trinajstić information content (AvgIpc) is 3.21. The molecule has 0 spiro atoms. The molecule has 3 aromatic heterocycles. The Morgan fingerprint density at radius 2 is 2.12 bits per heavy atom. The molecule has 0 bridgehead atoms. The lowest BCUT2D eigenvalue weighted by Gasteiger charge is -2.19. The van der Waals surface area contributed by atoms with Gasteiger partial charge >= 0.3 is 0 Å². The third-order valence-electron chi connectivity index (χ3n) is 5.09. The predicted molar refractivity (Wildman–Crippen MR) is 95.2 cm³/mol. The van der Waals surface area contributed by atoms with Crippen LogP contribution in [0.25, 0.3) is 5.52 Å². The second-order valence-corrected chi connectivity index (χ2v) is 7.04. The van der Waals surface area contributed by atoms with Crippen molar-refractivity contribution in [3.05, 3.63) is 48.2 Å². The van der Waals surface area contributed by atoms with E-state index in [1.54, 1.807) is 6.20 Å². The molecule has 2 aliphatic rings. The zero-order valence-corrected chi connectivity index (χ0v) is 14.3. The SMILES string of the molecule is Cc1cnccc1OC1CCN(c2nccn3nc(C4CC4)cc23)C1. The molecule has 0 aromatic carbocycles. The van der Waals surface area contributed by atoms with E-state index in [9.17, 15) is 0 Å². The van der Waals surface area contributed by atoms with E-state index in [2.05, 4.69) is 20.9 Å². The van der Waals surface area contributed by atoms with Crippen LogP contribution in [0, 0.1) is 6.92 Å². The molecule has 1 aliphatic heterocycles. The van der Waals surface area contributed by atoms with Crippen LogP contribution in [-0.2, 0) is 0 Å². The molecular formula is C19H21N5O. The molecule has 4 heterocycles. The second kappa shape index (κ2) is 5.72. The van der Waals surface area contributed by atoms with Gasteiger partial charge in [-0.25, -0.2) is 9.50 Å². The molecule has 1 saturated heterocycles. The van der Waals surface area contributed by atoms with Crippen LogP contribution < -0.4 is 9.64 Å². The van der Waals surface area contributed by atoms with Gasteiger partial charge in [0.2, 0.25) is 0 Å². The molecular weight excluding hydrogens is 314 g/mol. The normalized spacial score (nSPS) is 20.4. The summed E-state index contributed by atoms with van der Waals surface area (Å²) in [5.41, 5.74) is 3.38. The second-order valence-electron chi connectivity index (χ2n) is 7.04. The van der Waals surface area contributed by atoms with Crippen molar-refractivity contribution in [2.75, 3.05) is 18.0 Å². The minimum Gasteiger partial charge on any atom is -0.488 e. The Morgan fingerprint density at radius 3 is 2.96 bits per heavy atom. The molecule has 0 radical (unpaired) electrons. The minimum absolute atomic E-state index is 0.175. The van der Waals surface area contributed by atoms with Gasteiger partial charge in [0.05, 0.1) is 12.2 Å². The van der Waals surface area contributed by atoms with Crippen molar-refractivity contribution in [1.82, 2.24) is 19.6 Å². The monoisotopic (exact) mass is 335 g/mol. The largest absolute Gasteiger partial charge is 0.488 e. The number of pyridine rings is 1. The Labute approximate surface area is 146 Å². The maximum atomic E-state index is 6.19. The van der Waals surface area contributed by atoms with Crippen LogP contribution in [-0.4, -0.2) is 38.8 Å². The van der Waals surface area contributed by atoms with E-state index in [1.807, 2.05) is 36.1 Å². The van der Waals surface area contributed by atoms with Crippen molar-refractivity contribution in [2.24, 2.45) is 0 Å². The minimum atomic E-state index is 0.175. The highest BCUT2D eigenvalue weighted by atomic mass is 16.5. The highest BCUT2D eigenvalue weighted by Crippen LogP contribution is 2.40. The number of ether oxygens (including phenoxy) is 1. The molecule has 1 saturated carbocycles. The molecule has 128 valence electrons. The van der Waals surface area contributed by atoms with Crippen LogP contribution in [0.4, 0.5) is 5.82 Å². The maximum absolute atomic E-state index is 6.19. The Kier molecular flexibility index (Phi) is 3.36. The number of anilines is 1. The van der Waals surface area contributed by atoms with Crippen molar-refractivity contribution in [1.29, 1.82) is 0 Å². The van der Waals surface area contributed by atoms with E-state index in [0.717, 1.165) is 42.2 Å². The standard InChI is InChI=1S/C19H21N5O/c1-13-11-20-6-4-18(13)25-15-5-8-23(12-15)19-17-10-16(14-2-3-14)22-24(17)9-7-21-19/h4,6-7,9-11,14-15H,2-3,5,8,12H2,1H3. The zero-order valence-electron chi connectivity index (χ0n) is 14.3. The van der Waals surface area contributed by atoms with Crippen molar-refractivity contribution in [2.45, 2.75) is 38.2 Å². The van der Waals surface area contributed by atoms with Gasteiger partial charge in [-0.15, -0.1) is 0 Å². The van der Waals surface area contributed by atoms with Crippen LogP contribution in [0.1, 0.15) is 36.4 Å². The number of hydrogen-bond donors (Lipinski definition) is 0. The summed E-state index contributed by atoms with van der Waals surface area (Å²) in [5, 5.41) is 4.72. The first kappa shape index (κ1) is 14.7. The number of nitrogens with zero attached hydrogens (tertiary/aromatic N) is 5. The fourth-order valence-corrected chi connectivity index (χ4v) is 3.54. The molecule has 1 aliphatic carbocycles. The Balaban J connectivity index is 1.38. The molecule has 0 N–H and O–H groups in total. The lowest BCUT2D eigenvalue weighted by atomic mass is 10.2. The van der Waals surface area contributed by atoms with Crippen LogP contribution in [0.2, 0.25) is 0 Å². The topological polar surface area (TPSA) is 55.5 Å². The number of rotatable bonds is 4. The van der Waals surface area contributed by atoms with Gasteiger partial charge in [0, 0.05) is 49.2 Å². The fraction of sp³-hybridized carbons (Fsp3) is 0.421.